The summed E-state index contributed by atoms with van der Waals surface area (Å²) in [6, 6.07) is 7.65. The minimum Gasteiger partial charge on any atom is -0.493 e. The van der Waals surface area contributed by atoms with E-state index in [1.807, 2.05) is 24.3 Å². The number of ether oxygens (including phenoxy) is 2. The van der Waals surface area contributed by atoms with Crippen LogP contribution in [-0.4, -0.2) is 29.1 Å². The molecule has 5 nitrogen and oxygen atoms in total. The topological polar surface area (TPSA) is 56.5 Å². The highest BCUT2D eigenvalue weighted by Gasteiger charge is 2.20. The molecule has 1 aromatic heterocycles. The molecule has 102 valence electrons. The van der Waals surface area contributed by atoms with Gasteiger partial charge in [-0.05, 0) is 11.1 Å². The maximum absolute atomic E-state index is 10.5. The van der Waals surface area contributed by atoms with Crippen LogP contribution in [0.15, 0.2) is 30.5 Å². The van der Waals surface area contributed by atoms with Gasteiger partial charge in [0.2, 0.25) is 0 Å². The number of hydrogen-bond acceptors (Lipinski definition) is 4. The second-order valence-corrected chi connectivity index (χ2v) is 4.30. The standard InChI is InChI=1S/C14H18N2O3/c1-16-13(12(19-3)8-15-16)14(17)11-6-4-5-10(7-11)9-18-2/h4-8,14,17H,9H2,1-3H3. The van der Waals surface area contributed by atoms with E-state index in [4.69, 9.17) is 9.47 Å². The fourth-order valence-electron chi connectivity index (χ4n) is 2.07. The third-order valence-corrected chi connectivity index (χ3v) is 3.01. The van der Waals surface area contributed by atoms with Gasteiger partial charge in [-0.1, -0.05) is 24.3 Å². The molecule has 0 radical (unpaired) electrons. The van der Waals surface area contributed by atoms with Crippen LogP contribution in [0.4, 0.5) is 0 Å². The molecule has 0 bridgehead atoms. The number of hydrogen-bond donors (Lipinski definition) is 1. The van der Waals surface area contributed by atoms with Crippen LogP contribution in [0.5, 0.6) is 5.75 Å². The third kappa shape index (κ3) is 2.77. The van der Waals surface area contributed by atoms with Gasteiger partial charge in [-0.15, -0.1) is 0 Å². The SMILES string of the molecule is COCc1cccc(C(O)c2c(OC)cnn2C)c1. The van der Waals surface area contributed by atoms with Crippen LogP contribution in [0, 0.1) is 0 Å². The molecule has 1 atom stereocenters. The highest BCUT2D eigenvalue weighted by molar-refractivity contribution is 5.36. The van der Waals surface area contributed by atoms with Crippen molar-refractivity contribution >= 4 is 0 Å². The van der Waals surface area contributed by atoms with Gasteiger partial charge in [0.15, 0.2) is 5.75 Å². The molecule has 0 aliphatic heterocycles. The van der Waals surface area contributed by atoms with Crippen molar-refractivity contribution in [3.05, 3.63) is 47.3 Å². The summed E-state index contributed by atoms with van der Waals surface area (Å²) in [6.45, 7) is 0.517. The Morgan fingerprint density at radius 3 is 2.84 bits per heavy atom. The number of methoxy groups -OCH3 is 2. The number of benzene rings is 1. The molecule has 0 saturated carbocycles. The summed E-state index contributed by atoms with van der Waals surface area (Å²) in [5.41, 5.74) is 2.44. The van der Waals surface area contributed by atoms with E-state index in [0.717, 1.165) is 11.1 Å². The first-order valence-electron chi connectivity index (χ1n) is 5.99. The van der Waals surface area contributed by atoms with Gasteiger partial charge in [0.05, 0.1) is 19.9 Å². The summed E-state index contributed by atoms with van der Waals surface area (Å²) in [4.78, 5) is 0. The lowest BCUT2D eigenvalue weighted by Gasteiger charge is -2.14. The number of aromatic nitrogens is 2. The van der Waals surface area contributed by atoms with Crippen LogP contribution < -0.4 is 4.74 Å². The average molecular weight is 262 g/mol. The summed E-state index contributed by atoms with van der Waals surface area (Å²) in [7, 11) is 4.99. The second kappa shape index (κ2) is 5.86. The van der Waals surface area contributed by atoms with E-state index in [1.165, 1.54) is 0 Å². The van der Waals surface area contributed by atoms with Crippen molar-refractivity contribution in [3.63, 3.8) is 0 Å². The predicted octanol–water partition coefficient (Wildman–Crippen LogP) is 1.66. The van der Waals surface area contributed by atoms with Crippen molar-refractivity contribution in [2.45, 2.75) is 12.7 Å². The quantitative estimate of drug-likeness (QED) is 0.890. The molecule has 0 aliphatic carbocycles. The van der Waals surface area contributed by atoms with Gasteiger partial charge >= 0.3 is 0 Å². The Bertz CT molecular complexity index is 551. The third-order valence-electron chi connectivity index (χ3n) is 3.01. The Hall–Kier alpha value is -1.85. The molecule has 0 saturated heterocycles. The zero-order valence-corrected chi connectivity index (χ0v) is 11.3. The summed E-state index contributed by atoms with van der Waals surface area (Å²) in [6.07, 6.45) is 0.816. The van der Waals surface area contributed by atoms with E-state index in [-0.39, 0.29) is 0 Å². The van der Waals surface area contributed by atoms with Gasteiger partial charge in [-0.25, -0.2) is 0 Å². The van der Waals surface area contributed by atoms with Gasteiger partial charge in [0.25, 0.3) is 0 Å². The summed E-state index contributed by atoms with van der Waals surface area (Å²) in [5.74, 6) is 0.576. The maximum atomic E-state index is 10.5. The predicted molar refractivity (Wildman–Crippen MR) is 71.0 cm³/mol. The monoisotopic (exact) mass is 262 g/mol. The van der Waals surface area contributed by atoms with Crippen molar-refractivity contribution in [1.29, 1.82) is 0 Å². The highest BCUT2D eigenvalue weighted by Crippen LogP contribution is 2.29. The Labute approximate surface area is 112 Å². The van der Waals surface area contributed by atoms with Crippen LogP contribution in [0.1, 0.15) is 22.9 Å². The highest BCUT2D eigenvalue weighted by atomic mass is 16.5. The minimum atomic E-state index is -0.778. The van der Waals surface area contributed by atoms with Crippen LogP contribution in [-0.2, 0) is 18.4 Å². The normalized spacial score (nSPS) is 12.4. The molecule has 19 heavy (non-hydrogen) atoms. The molecule has 1 unspecified atom stereocenters. The molecule has 1 N–H and O–H groups in total. The largest absolute Gasteiger partial charge is 0.493 e. The fraction of sp³-hybridized carbons (Fsp3) is 0.357. The van der Waals surface area contributed by atoms with Gasteiger partial charge in [-0.3, -0.25) is 4.68 Å². The number of nitrogens with zero attached hydrogens (tertiary/aromatic N) is 2. The van der Waals surface area contributed by atoms with Crippen LogP contribution >= 0.6 is 0 Å². The van der Waals surface area contributed by atoms with Gasteiger partial charge in [0.1, 0.15) is 11.8 Å². The first-order chi connectivity index (χ1) is 9.17. The molecule has 0 fully saturated rings. The van der Waals surface area contributed by atoms with E-state index in [0.29, 0.717) is 18.1 Å². The zero-order chi connectivity index (χ0) is 13.8. The molecular weight excluding hydrogens is 244 g/mol. The van der Waals surface area contributed by atoms with Crippen molar-refractivity contribution < 1.29 is 14.6 Å². The summed E-state index contributed by atoms with van der Waals surface area (Å²) in [5, 5.41) is 14.6. The number of aliphatic hydroxyl groups excluding tert-OH is 1. The molecule has 0 amide bonds. The smallest absolute Gasteiger partial charge is 0.162 e. The van der Waals surface area contributed by atoms with Crippen molar-refractivity contribution in [3.8, 4) is 5.75 Å². The first-order valence-corrected chi connectivity index (χ1v) is 5.99. The van der Waals surface area contributed by atoms with Crippen molar-refractivity contribution in [1.82, 2.24) is 9.78 Å². The number of aryl methyl sites for hydroxylation is 1. The molecule has 2 rings (SSSR count). The lowest BCUT2D eigenvalue weighted by atomic mass is 10.0. The molecule has 2 aromatic rings. The fourth-order valence-corrected chi connectivity index (χ4v) is 2.07. The molecule has 5 heteroatoms. The first kappa shape index (κ1) is 13.6. The Kier molecular flexibility index (Phi) is 4.19. The average Bonchev–Trinajstić information content (AvgIpc) is 2.80. The minimum absolute atomic E-state index is 0.517. The Balaban J connectivity index is 2.35. The van der Waals surface area contributed by atoms with E-state index >= 15 is 0 Å². The number of rotatable bonds is 5. The lowest BCUT2D eigenvalue weighted by molar-refractivity contribution is 0.183. The molecule has 1 heterocycles. The van der Waals surface area contributed by atoms with Crippen LogP contribution in [0.3, 0.4) is 0 Å². The van der Waals surface area contributed by atoms with Crippen LogP contribution in [0.25, 0.3) is 0 Å². The molecule has 0 spiro atoms. The lowest BCUT2D eigenvalue weighted by Crippen LogP contribution is -2.08. The Morgan fingerprint density at radius 1 is 1.37 bits per heavy atom. The summed E-state index contributed by atoms with van der Waals surface area (Å²) >= 11 is 0. The molecule has 1 aromatic carbocycles. The molecular formula is C14H18N2O3. The summed E-state index contributed by atoms with van der Waals surface area (Å²) < 4.78 is 11.9. The van der Waals surface area contributed by atoms with Gasteiger partial charge in [0, 0.05) is 14.2 Å². The van der Waals surface area contributed by atoms with Gasteiger partial charge < -0.3 is 14.6 Å². The van der Waals surface area contributed by atoms with E-state index in [1.54, 1.807) is 32.1 Å². The molecule has 0 aliphatic rings. The van der Waals surface area contributed by atoms with Crippen molar-refractivity contribution in [2.75, 3.05) is 14.2 Å². The Morgan fingerprint density at radius 2 is 2.16 bits per heavy atom. The van der Waals surface area contributed by atoms with Crippen LogP contribution in [0.2, 0.25) is 0 Å². The maximum Gasteiger partial charge on any atom is 0.162 e. The zero-order valence-electron chi connectivity index (χ0n) is 11.3. The second-order valence-electron chi connectivity index (χ2n) is 4.30. The van der Waals surface area contributed by atoms with Crippen molar-refractivity contribution in [2.24, 2.45) is 7.05 Å². The van der Waals surface area contributed by atoms with E-state index in [9.17, 15) is 5.11 Å². The van der Waals surface area contributed by atoms with E-state index < -0.39 is 6.10 Å². The van der Waals surface area contributed by atoms with Gasteiger partial charge in [-0.2, -0.15) is 5.10 Å². The van der Waals surface area contributed by atoms with E-state index in [2.05, 4.69) is 5.10 Å². The number of aliphatic hydroxyl groups is 1.